The molecule has 0 N–H and O–H groups in total. The molecule has 1 aliphatic heterocycles. The van der Waals surface area contributed by atoms with Crippen molar-refractivity contribution in [1.29, 1.82) is 0 Å². The molecule has 144 valence electrons. The fourth-order valence-corrected chi connectivity index (χ4v) is 4.62. The minimum atomic E-state index is 0.113. The number of carbonyl (C=O) groups excluding carboxylic acids is 1. The van der Waals surface area contributed by atoms with Crippen molar-refractivity contribution in [2.24, 2.45) is 0 Å². The standard InChI is InChI=1S/C21H19Cl2N3OS/c22-15-4-3-5-17(12-15)25-8-10-26(11-9-25)20(27)13-16-14-28-21(24-16)18-6-1-2-7-19(18)23/h1-7,12,14H,8-11,13H2. The van der Waals surface area contributed by atoms with Gasteiger partial charge in [-0.05, 0) is 24.3 Å². The zero-order valence-electron chi connectivity index (χ0n) is 15.1. The van der Waals surface area contributed by atoms with Crippen molar-refractivity contribution in [3.05, 3.63) is 69.7 Å². The SMILES string of the molecule is O=C(Cc1csc(-c2ccccc2Cl)n1)N1CCN(c2cccc(Cl)c2)CC1. The Hall–Kier alpha value is -2.08. The number of hydrogen-bond acceptors (Lipinski definition) is 4. The van der Waals surface area contributed by atoms with Gasteiger partial charge in [0, 0.05) is 47.8 Å². The molecule has 28 heavy (non-hydrogen) atoms. The Morgan fingerprint density at radius 3 is 2.57 bits per heavy atom. The number of hydrogen-bond donors (Lipinski definition) is 0. The fraction of sp³-hybridized carbons (Fsp3) is 0.238. The van der Waals surface area contributed by atoms with Crippen molar-refractivity contribution in [1.82, 2.24) is 9.88 Å². The summed E-state index contributed by atoms with van der Waals surface area (Å²) in [6, 6.07) is 15.5. The van der Waals surface area contributed by atoms with Crippen molar-refractivity contribution in [2.45, 2.75) is 6.42 Å². The van der Waals surface area contributed by atoms with Gasteiger partial charge in [-0.3, -0.25) is 4.79 Å². The summed E-state index contributed by atoms with van der Waals surface area (Å²) < 4.78 is 0. The molecule has 0 aliphatic carbocycles. The number of aromatic nitrogens is 1. The predicted molar refractivity (Wildman–Crippen MR) is 117 cm³/mol. The lowest BCUT2D eigenvalue weighted by Gasteiger charge is -2.36. The van der Waals surface area contributed by atoms with Gasteiger partial charge >= 0.3 is 0 Å². The quantitative estimate of drug-likeness (QED) is 0.582. The molecule has 0 saturated carbocycles. The van der Waals surface area contributed by atoms with Crippen LogP contribution in [0.15, 0.2) is 53.9 Å². The molecule has 4 nitrogen and oxygen atoms in total. The molecule has 0 spiro atoms. The number of halogens is 2. The zero-order chi connectivity index (χ0) is 19.5. The molecule has 1 fully saturated rings. The number of carbonyl (C=O) groups is 1. The van der Waals surface area contributed by atoms with Crippen LogP contribution in [0.4, 0.5) is 5.69 Å². The minimum absolute atomic E-state index is 0.113. The summed E-state index contributed by atoms with van der Waals surface area (Å²) in [6.45, 7) is 3.00. The largest absolute Gasteiger partial charge is 0.368 e. The number of anilines is 1. The van der Waals surface area contributed by atoms with Crippen molar-refractivity contribution >= 4 is 46.1 Å². The summed E-state index contributed by atoms with van der Waals surface area (Å²) in [5.74, 6) is 0.113. The van der Waals surface area contributed by atoms with Gasteiger partial charge in [-0.2, -0.15) is 0 Å². The molecule has 4 rings (SSSR count). The first-order chi connectivity index (χ1) is 13.6. The van der Waals surface area contributed by atoms with Crippen LogP contribution >= 0.6 is 34.5 Å². The lowest BCUT2D eigenvalue weighted by atomic mass is 10.2. The van der Waals surface area contributed by atoms with Crippen molar-refractivity contribution in [3.8, 4) is 10.6 Å². The summed E-state index contributed by atoms with van der Waals surface area (Å²) in [7, 11) is 0. The maximum absolute atomic E-state index is 12.7. The Morgan fingerprint density at radius 2 is 1.82 bits per heavy atom. The van der Waals surface area contributed by atoms with E-state index in [0.29, 0.717) is 24.5 Å². The van der Waals surface area contributed by atoms with Gasteiger partial charge < -0.3 is 9.80 Å². The highest BCUT2D eigenvalue weighted by molar-refractivity contribution is 7.13. The van der Waals surface area contributed by atoms with Crippen LogP contribution in [0.3, 0.4) is 0 Å². The van der Waals surface area contributed by atoms with E-state index in [2.05, 4.69) is 16.0 Å². The van der Waals surface area contributed by atoms with Crippen LogP contribution in [0.5, 0.6) is 0 Å². The van der Waals surface area contributed by atoms with Gasteiger partial charge in [-0.25, -0.2) is 4.98 Å². The third-order valence-electron chi connectivity index (χ3n) is 4.79. The number of benzene rings is 2. The van der Waals surface area contributed by atoms with Crippen molar-refractivity contribution in [2.75, 3.05) is 31.1 Å². The first-order valence-electron chi connectivity index (χ1n) is 9.08. The molecule has 1 amide bonds. The molecule has 0 unspecified atom stereocenters. The lowest BCUT2D eigenvalue weighted by Crippen LogP contribution is -2.49. The van der Waals surface area contributed by atoms with Crippen LogP contribution in [-0.4, -0.2) is 42.0 Å². The average Bonchev–Trinajstić information content (AvgIpc) is 3.16. The van der Waals surface area contributed by atoms with Crippen LogP contribution in [0.1, 0.15) is 5.69 Å². The van der Waals surface area contributed by atoms with Crippen LogP contribution in [0.2, 0.25) is 10.0 Å². The van der Waals surface area contributed by atoms with Crippen LogP contribution in [-0.2, 0) is 11.2 Å². The normalized spacial score (nSPS) is 14.4. The Bertz CT molecular complexity index is 983. The summed E-state index contributed by atoms with van der Waals surface area (Å²) >= 11 is 13.8. The molecule has 0 radical (unpaired) electrons. The van der Waals surface area contributed by atoms with E-state index < -0.39 is 0 Å². The summed E-state index contributed by atoms with van der Waals surface area (Å²) in [4.78, 5) is 21.5. The maximum Gasteiger partial charge on any atom is 0.228 e. The van der Waals surface area contributed by atoms with E-state index in [1.807, 2.05) is 52.7 Å². The van der Waals surface area contributed by atoms with Gasteiger partial charge in [-0.1, -0.05) is 47.5 Å². The predicted octanol–water partition coefficient (Wildman–Crippen LogP) is 5.01. The third kappa shape index (κ3) is 4.32. The summed E-state index contributed by atoms with van der Waals surface area (Å²) in [6.07, 6.45) is 0.318. The molecule has 1 saturated heterocycles. The molecular formula is C21H19Cl2N3OS. The number of rotatable bonds is 4. The molecule has 7 heteroatoms. The summed E-state index contributed by atoms with van der Waals surface area (Å²) in [5, 5.41) is 4.19. The molecule has 0 atom stereocenters. The second kappa shape index (κ2) is 8.52. The maximum atomic E-state index is 12.7. The number of piperazine rings is 1. The molecule has 0 bridgehead atoms. The lowest BCUT2D eigenvalue weighted by molar-refractivity contribution is -0.130. The highest BCUT2D eigenvalue weighted by atomic mass is 35.5. The Labute approximate surface area is 178 Å². The highest BCUT2D eigenvalue weighted by Gasteiger charge is 2.22. The van der Waals surface area contributed by atoms with Gasteiger partial charge in [-0.15, -0.1) is 11.3 Å². The highest BCUT2D eigenvalue weighted by Crippen LogP contribution is 2.30. The first kappa shape index (κ1) is 19.2. The van der Waals surface area contributed by atoms with E-state index in [4.69, 9.17) is 23.2 Å². The number of amides is 1. The van der Waals surface area contributed by atoms with Crippen molar-refractivity contribution in [3.63, 3.8) is 0 Å². The van der Waals surface area contributed by atoms with Gasteiger partial charge in [0.1, 0.15) is 5.01 Å². The van der Waals surface area contributed by atoms with Crippen LogP contribution < -0.4 is 4.90 Å². The molecule has 1 aliphatic rings. The van der Waals surface area contributed by atoms with E-state index in [1.165, 1.54) is 11.3 Å². The number of nitrogens with zero attached hydrogens (tertiary/aromatic N) is 3. The second-order valence-corrected chi connectivity index (χ2v) is 8.35. The topological polar surface area (TPSA) is 36.4 Å². The number of thiazole rings is 1. The fourth-order valence-electron chi connectivity index (χ4n) is 3.30. The van der Waals surface area contributed by atoms with E-state index in [0.717, 1.165) is 40.1 Å². The Morgan fingerprint density at radius 1 is 1.04 bits per heavy atom. The van der Waals surface area contributed by atoms with E-state index in [9.17, 15) is 4.79 Å². The first-order valence-corrected chi connectivity index (χ1v) is 10.7. The van der Waals surface area contributed by atoms with E-state index in [-0.39, 0.29) is 5.91 Å². The smallest absolute Gasteiger partial charge is 0.228 e. The van der Waals surface area contributed by atoms with Crippen LogP contribution in [0.25, 0.3) is 10.6 Å². The monoisotopic (exact) mass is 431 g/mol. The molecule has 3 aromatic rings. The summed E-state index contributed by atoms with van der Waals surface area (Å²) in [5.41, 5.74) is 2.80. The van der Waals surface area contributed by atoms with Crippen LogP contribution in [0, 0.1) is 0 Å². The Balaban J connectivity index is 1.36. The van der Waals surface area contributed by atoms with Gasteiger partial charge in [0.05, 0.1) is 17.1 Å². The van der Waals surface area contributed by atoms with E-state index >= 15 is 0 Å². The second-order valence-electron chi connectivity index (χ2n) is 6.65. The third-order valence-corrected chi connectivity index (χ3v) is 6.28. The van der Waals surface area contributed by atoms with Crippen molar-refractivity contribution < 1.29 is 4.79 Å². The molecular weight excluding hydrogens is 413 g/mol. The average molecular weight is 432 g/mol. The van der Waals surface area contributed by atoms with Gasteiger partial charge in [0.15, 0.2) is 0 Å². The molecule has 2 aromatic carbocycles. The van der Waals surface area contributed by atoms with E-state index in [1.54, 1.807) is 0 Å². The van der Waals surface area contributed by atoms with Gasteiger partial charge in [0.2, 0.25) is 5.91 Å². The Kier molecular flexibility index (Phi) is 5.85. The van der Waals surface area contributed by atoms with Gasteiger partial charge in [0.25, 0.3) is 0 Å². The zero-order valence-corrected chi connectivity index (χ0v) is 17.5. The molecule has 2 heterocycles. The minimum Gasteiger partial charge on any atom is -0.368 e. The molecule has 1 aromatic heterocycles.